The molecule has 1 atom stereocenters. The van der Waals surface area contributed by atoms with Crippen LogP contribution in [0.3, 0.4) is 0 Å². The third-order valence-corrected chi connectivity index (χ3v) is 7.00. The van der Waals surface area contributed by atoms with Crippen LogP contribution in [0.2, 0.25) is 0 Å². The number of hydrogen-bond donors (Lipinski definition) is 1. The Morgan fingerprint density at radius 3 is 2.34 bits per heavy atom. The van der Waals surface area contributed by atoms with Crippen LogP contribution in [0, 0.1) is 0 Å². The molecule has 1 N–H and O–H groups in total. The van der Waals surface area contributed by atoms with Crippen LogP contribution in [0.5, 0.6) is 11.5 Å². The van der Waals surface area contributed by atoms with E-state index in [1.807, 2.05) is 83.4 Å². The Hall–Kier alpha value is -3.78. The van der Waals surface area contributed by atoms with Crippen molar-refractivity contribution in [3.63, 3.8) is 0 Å². The minimum Gasteiger partial charge on any atom is -0.497 e. The summed E-state index contributed by atoms with van der Waals surface area (Å²) in [6, 6.07) is 25.4. The van der Waals surface area contributed by atoms with Crippen molar-refractivity contribution in [2.45, 2.75) is 29.3 Å². The van der Waals surface area contributed by atoms with Crippen molar-refractivity contribution in [3.8, 4) is 28.6 Å². The van der Waals surface area contributed by atoms with E-state index in [2.05, 4.69) is 15.5 Å². The Labute approximate surface area is 208 Å². The van der Waals surface area contributed by atoms with E-state index in [1.165, 1.54) is 11.8 Å². The molecule has 178 valence electrons. The van der Waals surface area contributed by atoms with E-state index in [-0.39, 0.29) is 11.9 Å². The Morgan fingerprint density at radius 2 is 1.66 bits per heavy atom. The number of rotatable bonds is 9. The summed E-state index contributed by atoms with van der Waals surface area (Å²) >= 11 is 1.39. The van der Waals surface area contributed by atoms with Gasteiger partial charge < -0.3 is 14.8 Å². The van der Waals surface area contributed by atoms with E-state index in [9.17, 15) is 4.79 Å². The predicted molar refractivity (Wildman–Crippen MR) is 136 cm³/mol. The van der Waals surface area contributed by atoms with Crippen LogP contribution in [0.25, 0.3) is 17.1 Å². The summed E-state index contributed by atoms with van der Waals surface area (Å²) in [5, 5.41) is 12.4. The number of carbonyl (C=O) groups excluding carboxylic acids is 1. The first-order valence-corrected chi connectivity index (χ1v) is 12.3. The molecule has 0 bridgehead atoms. The maximum Gasteiger partial charge on any atom is 0.238 e. The monoisotopic (exact) mass is 486 g/mol. The second-order valence-electron chi connectivity index (χ2n) is 8.23. The van der Waals surface area contributed by atoms with Gasteiger partial charge in [0.1, 0.15) is 16.7 Å². The molecule has 1 amide bonds. The van der Waals surface area contributed by atoms with Gasteiger partial charge in [0, 0.05) is 6.04 Å². The lowest BCUT2D eigenvalue weighted by Gasteiger charge is -2.18. The molecular formula is C27H26N4O3S. The maximum absolute atomic E-state index is 13.3. The highest BCUT2D eigenvalue weighted by atomic mass is 32.2. The smallest absolute Gasteiger partial charge is 0.238 e. The van der Waals surface area contributed by atoms with Gasteiger partial charge in [0.2, 0.25) is 5.91 Å². The van der Waals surface area contributed by atoms with Gasteiger partial charge in [0.25, 0.3) is 0 Å². The van der Waals surface area contributed by atoms with Gasteiger partial charge in [-0.05, 0) is 54.8 Å². The van der Waals surface area contributed by atoms with E-state index in [1.54, 1.807) is 14.2 Å². The number of ether oxygens (including phenoxy) is 2. The van der Waals surface area contributed by atoms with Crippen LogP contribution in [0.4, 0.5) is 0 Å². The van der Waals surface area contributed by atoms with Crippen molar-refractivity contribution in [1.29, 1.82) is 0 Å². The highest BCUT2D eigenvalue weighted by Gasteiger charge is 2.31. The molecule has 0 unspecified atom stereocenters. The van der Waals surface area contributed by atoms with Gasteiger partial charge in [0.05, 0.1) is 25.5 Å². The molecule has 1 heterocycles. The summed E-state index contributed by atoms with van der Waals surface area (Å²) in [5.41, 5.74) is 2.58. The minimum absolute atomic E-state index is 0.0215. The molecule has 35 heavy (non-hydrogen) atoms. The van der Waals surface area contributed by atoms with E-state index in [0.29, 0.717) is 16.7 Å². The number of para-hydroxylation sites is 1. The first-order chi connectivity index (χ1) is 17.2. The van der Waals surface area contributed by atoms with Gasteiger partial charge in [-0.3, -0.25) is 9.36 Å². The number of methoxy groups -OCH3 is 2. The normalized spacial score (nSPS) is 13.8. The highest BCUT2D eigenvalue weighted by molar-refractivity contribution is 8.00. The fourth-order valence-corrected chi connectivity index (χ4v) is 4.89. The quantitative estimate of drug-likeness (QED) is 0.333. The molecule has 4 aromatic rings. The first-order valence-electron chi connectivity index (χ1n) is 11.4. The summed E-state index contributed by atoms with van der Waals surface area (Å²) in [6.07, 6.45) is 2.05. The van der Waals surface area contributed by atoms with Gasteiger partial charge in [-0.15, -0.1) is 10.2 Å². The number of aromatic nitrogens is 3. The van der Waals surface area contributed by atoms with Gasteiger partial charge in [0.15, 0.2) is 11.0 Å². The van der Waals surface area contributed by atoms with E-state index in [0.717, 1.165) is 35.4 Å². The minimum atomic E-state index is -0.469. The van der Waals surface area contributed by atoms with Crippen molar-refractivity contribution in [3.05, 3.63) is 84.4 Å². The summed E-state index contributed by atoms with van der Waals surface area (Å²) in [7, 11) is 3.27. The molecule has 0 saturated heterocycles. The average Bonchev–Trinajstić information content (AvgIpc) is 3.63. The topological polar surface area (TPSA) is 78.3 Å². The van der Waals surface area contributed by atoms with Gasteiger partial charge in [-0.25, -0.2) is 0 Å². The molecular weight excluding hydrogens is 460 g/mol. The fourth-order valence-electron chi connectivity index (χ4n) is 3.82. The third kappa shape index (κ3) is 5.02. The van der Waals surface area contributed by atoms with Crippen molar-refractivity contribution < 1.29 is 14.3 Å². The second kappa shape index (κ2) is 10.2. The zero-order chi connectivity index (χ0) is 24.2. The van der Waals surface area contributed by atoms with E-state index >= 15 is 0 Å². The second-order valence-corrected chi connectivity index (χ2v) is 9.30. The molecule has 0 radical (unpaired) electrons. The number of benzene rings is 3. The van der Waals surface area contributed by atoms with Gasteiger partial charge in [-0.1, -0.05) is 54.2 Å². The van der Waals surface area contributed by atoms with Crippen LogP contribution < -0.4 is 14.8 Å². The zero-order valence-corrected chi connectivity index (χ0v) is 20.4. The molecule has 1 saturated carbocycles. The highest BCUT2D eigenvalue weighted by Crippen LogP contribution is 2.39. The van der Waals surface area contributed by atoms with Crippen molar-refractivity contribution in [2.75, 3.05) is 14.2 Å². The SMILES string of the molecule is COc1ccc(-n2c(S[C@H](C(=O)NC3CC3)c3ccccc3)nnc2-c2ccccc2OC)cc1. The molecule has 1 aliphatic carbocycles. The molecule has 3 aromatic carbocycles. The van der Waals surface area contributed by atoms with Crippen molar-refractivity contribution in [1.82, 2.24) is 20.1 Å². The molecule has 5 rings (SSSR count). The van der Waals surface area contributed by atoms with Crippen LogP contribution in [0.1, 0.15) is 23.7 Å². The number of amides is 1. The molecule has 0 spiro atoms. The van der Waals surface area contributed by atoms with E-state index < -0.39 is 5.25 Å². The Morgan fingerprint density at radius 1 is 0.943 bits per heavy atom. The van der Waals surface area contributed by atoms with Crippen LogP contribution in [0.15, 0.2) is 84.0 Å². The van der Waals surface area contributed by atoms with Crippen molar-refractivity contribution >= 4 is 17.7 Å². The molecule has 1 aliphatic rings. The number of thioether (sulfide) groups is 1. The first kappa shape index (κ1) is 23.0. The molecule has 0 aliphatic heterocycles. The molecule has 7 nitrogen and oxygen atoms in total. The Kier molecular flexibility index (Phi) is 6.72. The number of nitrogens with zero attached hydrogens (tertiary/aromatic N) is 3. The maximum atomic E-state index is 13.3. The molecule has 8 heteroatoms. The van der Waals surface area contributed by atoms with Crippen LogP contribution in [-0.4, -0.2) is 40.9 Å². The van der Waals surface area contributed by atoms with Crippen molar-refractivity contribution in [2.24, 2.45) is 0 Å². The Bertz CT molecular complexity index is 1300. The summed E-state index contributed by atoms with van der Waals surface area (Å²) < 4.78 is 12.9. The largest absolute Gasteiger partial charge is 0.497 e. The lowest BCUT2D eigenvalue weighted by atomic mass is 10.1. The van der Waals surface area contributed by atoms with E-state index in [4.69, 9.17) is 9.47 Å². The standard InChI is InChI=1S/C27H26N4O3S/c1-33-21-16-14-20(15-17-21)31-25(22-10-6-7-11-23(22)34-2)29-30-27(31)35-24(18-8-4-3-5-9-18)26(32)28-19-12-13-19/h3-11,14-17,19,24H,12-13H2,1-2H3,(H,28,32)/t24-/m0/s1. The number of carbonyl (C=O) groups is 1. The average molecular weight is 487 g/mol. The van der Waals surface area contributed by atoms with Gasteiger partial charge >= 0.3 is 0 Å². The zero-order valence-electron chi connectivity index (χ0n) is 19.5. The Balaban J connectivity index is 1.60. The molecule has 1 aromatic heterocycles. The summed E-state index contributed by atoms with van der Waals surface area (Å²) in [6.45, 7) is 0. The predicted octanol–water partition coefficient (Wildman–Crippen LogP) is 5.06. The number of nitrogens with one attached hydrogen (secondary N) is 1. The summed E-state index contributed by atoms with van der Waals surface area (Å²) in [4.78, 5) is 13.3. The van der Waals surface area contributed by atoms with Crippen LogP contribution >= 0.6 is 11.8 Å². The fraction of sp³-hybridized carbons (Fsp3) is 0.222. The third-order valence-electron chi connectivity index (χ3n) is 5.80. The summed E-state index contributed by atoms with van der Waals surface area (Å²) in [5.74, 6) is 2.05. The number of hydrogen-bond acceptors (Lipinski definition) is 6. The molecule has 1 fully saturated rings. The van der Waals surface area contributed by atoms with Crippen LogP contribution in [-0.2, 0) is 4.79 Å². The van der Waals surface area contributed by atoms with Gasteiger partial charge in [-0.2, -0.15) is 0 Å². The lowest BCUT2D eigenvalue weighted by Crippen LogP contribution is -2.29. The lowest BCUT2D eigenvalue weighted by molar-refractivity contribution is -0.120.